The highest BCUT2D eigenvalue weighted by molar-refractivity contribution is 5.92. The number of nitrogens with zero attached hydrogens (tertiary/aromatic N) is 1. The Morgan fingerprint density at radius 2 is 1.73 bits per heavy atom. The van der Waals surface area contributed by atoms with Gasteiger partial charge in [-0.05, 0) is 57.7 Å². The first-order valence-corrected chi connectivity index (χ1v) is 12.7. The fourth-order valence-corrected chi connectivity index (χ4v) is 4.32. The van der Waals surface area contributed by atoms with Crippen LogP contribution in [0.25, 0.3) is 0 Å². The molecule has 1 fully saturated rings. The third-order valence-corrected chi connectivity index (χ3v) is 6.01. The first-order chi connectivity index (χ1) is 17.4. The largest absolute Gasteiger partial charge is 0.508 e. The van der Waals surface area contributed by atoms with Gasteiger partial charge in [0.05, 0.1) is 6.61 Å². The van der Waals surface area contributed by atoms with E-state index in [0.717, 1.165) is 32.1 Å². The van der Waals surface area contributed by atoms with Crippen molar-refractivity contribution in [3.63, 3.8) is 0 Å². The lowest BCUT2D eigenvalue weighted by Crippen LogP contribution is -2.54. The van der Waals surface area contributed by atoms with Crippen LogP contribution in [-0.2, 0) is 19.1 Å². The second-order valence-corrected chi connectivity index (χ2v) is 10.3. The molecule has 2 atom stereocenters. The maximum absolute atomic E-state index is 13.8. The Morgan fingerprint density at radius 1 is 1.11 bits per heavy atom. The lowest BCUT2D eigenvalue weighted by Gasteiger charge is -2.35. The molecule has 1 aliphatic rings. The Balaban J connectivity index is 2.41. The smallest absolute Gasteiger partial charge is 0.408 e. The molecule has 4 amide bonds. The van der Waals surface area contributed by atoms with E-state index in [1.165, 1.54) is 29.2 Å². The lowest BCUT2D eigenvalue weighted by molar-refractivity contribution is -0.143. The predicted molar refractivity (Wildman–Crippen MR) is 136 cm³/mol. The zero-order chi connectivity index (χ0) is 27.6. The third-order valence-electron chi connectivity index (χ3n) is 6.01. The van der Waals surface area contributed by atoms with Crippen molar-refractivity contribution < 1.29 is 34.1 Å². The van der Waals surface area contributed by atoms with E-state index in [-0.39, 0.29) is 31.2 Å². The van der Waals surface area contributed by atoms with Crippen molar-refractivity contribution in [3.8, 4) is 5.75 Å². The van der Waals surface area contributed by atoms with E-state index in [0.29, 0.717) is 5.56 Å². The monoisotopic (exact) mass is 520 g/mol. The van der Waals surface area contributed by atoms with Crippen LogP contribution in [-0.4, -0.2) is 69.8 Å². The number of benzene rings is 1. The maximum atomic E-state index is 13.8. The maximum Gasteiger partial charge on any atom is 0.408 e. The Labute approximate surface area is 217 Å². The van der Waals surface area contributed by atoms with Crippen LogP contribution in [0.1, 0.15) is 77.3 Å². The minimum Gasteiger partial charge on any atom is -0.508 e. The number of nitrogens with two attached hydrogens (primary N) is 1. The van der Waals surface area contributed by atoms with Crippen LogP contribution in [0.5, 0.6) is 5.75 Å². The van der Waals surface area contributed by atoms with Gasteiger partial charge in [-0.1, -0.05) is 31.4 Å². The Kier molecular flexibility index (Phi) is 11.2. The molecule has 0 spiro atoms. The molecule has 1 aliphatic carbocycles. The molecule has 11 nitrogen and oxygen atoms in total. The summed E-state index contributed by atoms with van der Waals surface area (Å²) >= 11 is 0. The number of amides is 4. The van der Waals surface area contributed by atoms with Gasteiger partial charge in [-0.25, -0.2) is 4.79 Å². The highest BCUT2D eigenvalue weighted by atomic mass is 16.6. The SMILES string of the molecule is CC(C)(C)OC(=O)NC(CCC(N)=O)C(=O)N(CCO)C(C(=O)NC1CCCCC1)c1ccc(O)cc1. The van der Waals surface area contributed by atoms with E-state index in [9.17, 15) is 29.4 Å². The highest BCUT2D eigenvalue weighted by Crippen LogP contribution is 2.26. The van der Waals surface area contributed by atoms with Gasteiger partial charge in [-0.3, -0.25) is 14.4 Å². The van der Waals surface area contributed by atoms with Gasteiger partial charge in [0.1, 0.15) is 23.4 Å². The fraction of sp³-hybridized carbons (Fsp3) is 0.615. The van der Waals surface area contributed by atoms with Gasteiger partial charge in [0.25, 0.3) is 0 Å². The van der Waals surface area contributed by atoms with Crippen molar-refractivity contribution in [2.45, 2.75) is 89.4 Å². The standard InChI is InChI=1S/C26H40N4O7/c1-26(2,3)37-25(36)29-20(13-14-21(27)33)24(35)30(15-16-31)22(17-9-11-19(32)12-10-17)23(34)28-18-7-5-4-6-8-18/h9-12,18,20,22,31-32H,4-8,13-16H2,1-3H3,(H2,27,33)(H,28,34)(H,29,36). The molecule has 0 aromatic heterocycles. The number of phenolic OH excluding ortho intramolecular Hbond substituents is 1. The summed E-state index contributed by atoms with van der Waals surface area (Å²) in [6.45, 7) is 4.33. The zero-order valence-electron chi connectivity index (χ0n) is 21.9. The van der Waals surface area contributed by atoms with E-state index in [1.54, 1.807) is 20.8 Å². The van der Waals surface area contributed by atoms with Gasteiger partial charge in [-0.2, -0.15) is 0 Å². The number of carbonyl (C=O) groups is 4. The Hall–Kier alpha value is -3.34. The Bertz CT molecular complexity index is 924. The number of alkyl carbamates (subject to hydrolysis) is 1. The number of hydrogen-bond donors (Lipinski definition) is 5. The van der Waals surface area contributed by atoms with Gasteiger partial charge in [0, 0.05) is 19.0 Å². The molecule has 2 rings (SSSR count). The number of aliphatic hydroxyl groups is 1. The molecule has 37 heavy (non-hydrogen) atoms. The lowest BCUT2D eigenvalue weighted by atomic mass is 9.94. The summed E-state index contributed by atoms with van der Waals surface area (Å²) < 4.78 is 5.28. The number of phenols is 1. The van der Waals surface area contributed by atoms with Crippen molar-refractivity contribution in [1.29, 1.82) is 0 Å². The zero-order valence-corrected chi connectivity index (χ0v) is 21.9. The normalized spacial score (nSPS) is 15.8. The summed E-state index contributed by atoms with van der Waals surface area (Å²) in [5.74, 6) is -1.80. The number of carbonyl (C=O) groups excluding carboxylic acids is 4. The predicted octanol–water partition coefficient (Wildman–Crippen LogP) is 1.86. The number of rotatable bonds is 11. The second kappa shape index (κ2) is 13.8. The van der Waals surface area contributed by atoms with Crippen LogP contribution in [0.4, 0.5) is 4.79 Å². The minimum atomic E-state index is -1.24. The van der Waals surface area contributed by atoms with Gasteiger partial charge in [0.15, 0.2) is 0 Å². The average Bonchev–Trinajstić information content (AvgIpc) is 2.81. The minimum absolute atomic E-state index is 0.0128. The van der Waals surface area contributed by atoms with Crippen molar-refractivity contribution in [2.75, 3.05) is 13.2 Å². The van der Waals surface area contributed by atoms with E-state index in [4.69, 9.17) is 10.5 Å². The Morgan fingerprint density at radius 3 is 2.27 bits per heavy atom. The molecule has 2 unspecified atom stereocenters. The molecule has 0 bridgehead atoms. The van der Waals surface area contributed by atoms with E-state index in [1.807, 2.05) is 0 Å². The van der Waals surface area contributed by atoms with Crippen LogP contribution in [0.2, 0.25) is 0 Å². The number of nitrogens with one attached hydrogen (secondary N) is 2. The van der Waals surface area contributed by atoms with Crippen molar-refractivity contribution >= 4 is 23.8 Å². The van der Waals surface area contributed by atoms with Crippen molar-refractivity contribution in [1.82, 2.24) is 15.5 Å². The molecule has 0 heterocycles. The van der Waals surface area contributed by atoms with E-state index >= 15 is 0 Å². The van der Waals surface area contributed by atoms with Crippen LogP contribution >= 0.6 is 0 Å². The summed E-state index contributed by atoms with van der Waals surface area (Å²) in [7, 11) is 0. The molecular formula is C26H40N4O7. The molecule has 1 aromatic carbocycles. The quantitative estimate of drug-likeness (QED) is 0.296. The second-order valence-electron chi connectivity index (χ2n) is 10.3. The number of ether oxygens (including phenoxy) is 1. The molecule has 1 aromatic rings. The summed E-state index contributed by atoms with van der Waals surface area (Å²) in [4.78, 5) is 52.5. The number of hydrogen-bond acceptors (Lipinski definition) is 7. The van der Waals surface area contributed by atoms with Gasteiger partial charge in [0.2, 0.25) is 17.7 Å². The molecule has 206 valence electrons. The highest BCUT2D eigenvalue weighted by Gasteiger charge is 2.37. The van der Waals surface area contributed by atoms with Crippen molar-refractivity contribution in [3.05, 3.63) is 29.8 Å². The van der Waals surface area contributed by atoms with Crippen LogP contribution in [0.15, 0.2) is 24.3 Å². The van der Waals surface area contributed by atoms with Crippen LogP contribution < -0.4 is 16.4 Å². The number of primary amides is 1. The summed E-state index contributed by atoms with van der Waals surface area (Å²) in [5.41, 5.74) is 4.87. The topological polar surface area (TPSA) is 171 Å². The molecule has 1 saturated carbocycles. The van der Waals surface area contributed by atoms with Crippen LogP contribution in [0.3, 0.4) is 0 Å². The molecular weight excluding hydrogens is 480 g/mol. The summed E-state index contributed by atoms with van der Waals surface area (Å²) in [6.07, 6.45) is 3.53. The van der Waals surface area contributed by atoms with Crippen molar-refractivity contribution in [2.24, 2.45) is 5.73 Å². The summed E-state index contributed by atoms with van der Waals surface area (Å²) in [6, 6.07) is 3.42. The third kappa shape index (κ3) is 9.91. The van der Waals surface area contributed by atoms with Crippen LogP contribution in [0, 0.1) is 0 Å². The average molecular weight is 521 g/mol. The fourth-order valence-electron chi connectivity index (χ4n) is 4.32. The van der Waals surface area contributed by atoms with E-state index in [2.05, 4.69) is 10.6 Å². The number of aliphatic hydroxyl groups excluding tert-OH is 1. The number of aromatic hydroxyl groups is 1. The molecule has 0 saturated heterocycles. The van der Waals surface area contributed by atoms with Gasteiger partial charge in [-0.15, -0.1) is 0 Å². The first kappa shape index (κ1) is 29.9. The molecule has 0 radical (unpaired) electrons. The summed E-state index contributed by atoms with van der Waals surface area (Å²) in [5, 5.41) is 25.1. The molecule has 0 aliphatic heterocycles. The van der Waals surface area contributed by atoms with Gasteiger partial charge < -0.3 is 36.2 Å². The van der Waals surface area contributed by atoms with Gasteiger partial charge >= 0.3 is 6.09 Å². The first-order valence-electron chi connectivity index (χ1n) is 12.7. The van der Waals surface area contributed by atoms with E-state index < -0.39 is 48.1 Å². The molecule has 11 heteroatoms. The molecule has 6 N–H and O–H groups in total.